The maximum Gasteiger partial charge on any atom is 0.115 e. The van der Waals surface area contributed by atoms with Crippen molar-refractivity contribution >= 4 is 83.5 Å². The summed E-state index contributed by atoms with van der Waals surface area (Å²) in [7, 11) is 21.3. The van der Waals surface area contributed by atoms with Gasteiger partial charge in [-0.15, -0.1) is 0 Å². The van der Waals surface area contributed by atoms with E-state index in [2.05, 4.69) is 149 Å². The average molecular weight is 666 g/mol. The number of hydrogen-bond donors (Lipinski definition) is 0. The molecule has 2 aromatic heterocycles. The lowest BCUT2D eigenvalue weighted by atomic mass is 9.69. The molecule has 2 heterocycles. The molecule has 0 saturated heterocycles. The van der Waals surface area contributed by atoms with Crippen molar-refractivity contribution in [3.05, 3.63) is 176 Å². The van der Waals surface area contributed by atoms with Crippen molar-refractivity contribution in [3.8, 4) is 44.8 Å². The van der Waals surface area contributed by atoms with E-state index < -0.39 is 0 Å². The molecule has 2 nitrogen and oxygen atoms in total. The summed E-state index contributed by atoms with van der Waals surface area (Å²) in [5, 5.41) is 4.18. The first-order valence-corrected chi connectivity index (χ1v) is 17.8. The average Bonchev–Trinajstić information content (AvgIpc) is 3.74. The fraction of sp³-hybridized carbons (Fsp3) is 0. The molecule has 10 rings (SSSR count). The van der Waals surface area contributed by atoms with Gasteiger partial charge >= 0.3 is 0 Å². The monoisotopic (exact) mass is 666 g/mol. The minimum atomic E-state index is 0.473. The van der Waals surface area contributed by atoms with Crippen LogP contribution in [-0.4, -0.2) is 32.7 Å². The van der Waals surface area contributed by atoms with Crippen LogP contribution in [-0.2, 0) is 0 Å². The Morgan fingerprint density at radius 2 is 0.868 bits per heavy atom. The summed E-state index contributed by atoms with van der Waals surface area (Å²) >= 11 is 0. The predicted octanol–water partition coefficient (Wildman–Crippen LogP) is 9.26. The van der Waals surface area contributed by atoms with Crippen molar-refractivity contribution < 1.29 is 0 Å². The van der Waals surface area contributed by atoms with Gasteiger partial charge in [0.15, 0.2) is 0 Å². The summed E-state index contributed by atoms with van der Waals surface area (Å²) in [6, 6.07) is 61.6. The van der Waals surface area contributed by atoms with E-state index in [-0.39, 0.29) is 0 Å². The van der Waals surface area contributed by atoms with E-state index in [0.717, 1.165) is 71.7 Å². The fourth-order valence-corrected chi connectivity index (χ4v) is 8.15. The van der Waals surface area contributed by atoms with E-state index in [4.69, 9.17) is 23.5 Å². The molecule has 0 saturated carbocycles. The molecule has 10 aromatic rings. The molecule has 53 heavy (non-hydrogen) atoms. The number of benzene rings is 8. The Morgan fingerprint density at radius 3 is 1.58 bits per heavy atom. The molecule has 0 unspecified atom stereocenters. The first-order valence-electron chi connectivity index (χ1n) is 17.8. The van der Waals surface area contributed by atoms with E-state index in [1.807, 2.05) is 36.4 Å². The van der Waals surface area contributed by atoms with Gasteiger partial charge in [-0.3, -0.25) is 0 Å². The predicted molar refractivity (Wildman–Crippen MR) is 228 cm³/mol. The van der Waals surface area contributed by atoms with E-state index >= 15 is 0 Å². The van der Waals surface area contributed by atoms with Gasteiger partial charge in [0.25, 0.3) is 0 Å². The lowest BCUT2D eigenvalue weighted by Crippen LogP contribution is -2.35. The number of aromatic nitrogens is 2. The highest BCUT2D eigenvalue weighted by Crippen LogP contribution is 2.38. The van der Waals surface area contributed by atoms with E-state index in [1.165, 1.54) is 16.7 Å². The Kier molecular flexibility index (Phi) is 7.30. The summed E-state index contributed by atoms with van der Waals surface area (Å²) in [4.78, 5) is 0. The molecule has 0 aliphatic carbocycles. The van der Waals surface area contributed by atoms with Crippen LogP contribution in [0.1, 0.15) is 0 Å². The topological polar surface area (TPSA) is 9.86 Å². The molecule has 240 valence electrons. The molecule has 0 bridgehead atoms. The first kappa shape index (κ1) is 31.3. The van der Waals surface area contributed by atoms with Crippen molar-refractivity contribution in [1.29, 1.82) is 0 Å². The second-order valence-corrected chi connectivity index (χ2v) is 13.6. The highest BCUT2D eigenvalue weighted by Gasteiger charge is 2.22. The van der Waals surface area contributed by atoms with Crippen LogP contribution in [0, 0.1) is 0 Å². The van der Waals surface area contributed by atoms with Gasteiger partial charge in [-0.25, -0.2) is 0 Å². The van der Waals surface area contributed by atoms with Crippen LogP contribution in [0.4, 0.5) is 0 Å². The molecule has 0 N–H and O–H groups in total. The van der Waals surface area contributed by atoms with E-state index in [1.54, 1.807) is 0 Å². The summed E-state index contributed by atoms with van der Waals surface area (Å²) in [6.45, 7) is 0. The maximum atomic E-state index is 7.22. The summed E-state index contributed by atoms with van der Waals surface area (Å²) in [6.07, 6.45) is 0. The molecule has 0 atom stereocenters. The van der Waals surface area contributed by atoms with Gasteiger partial charge in [0.1, 0.15) is 23.5 Å². The minimum absolute atomic E-state index is 0.473. The highest BCUT2D eigenvalue weighted by molar-refractivity contribution is 6.60. The van der Waals surface area contributed by atoms with E-state index in [9.17, 15) is 0 Å². The maximum absolute atomic E-state index is 7.22. The van der Waals surface area contributed by atoms with Crippen LogP contribution in [0.25, 0.3) is 88.4 Å². The molecule has 0 amide bonds. The molecule has 6 radical (unpaired) electrons. The van der Waals surface area contributed by atoms with Crippen molar-refractivity contribution in [1.82, 2.24) is 9.13 Å². The number of hydrogen-bond acceptors (Lipinski definition) is 0. The highest BCUT2D eigenvalue weighted by atomic mass is 15.0. The minimum Gasteiger partial charge on any atom is -0.310 e. The van der Waals surface area contributed by atoms with Gasteiger partial charge in [-0.1, -0.05) is 144 Å². The summed E-state index contributed by atoms with van der Waals surface area (Å²) in [5.74, 6) is 0. The van der Waals surface area contributed by atoms with E-state index in [0.29, 0.717) is 16.4 Å². The third kappa shape index (κ3) is 4.92. The number of fused-ring (bicyclic) bond motifs is 6. The Morgan fingerprint density at radius 1 is 0.321 bits per heavy atom. The molecule has 0 fully saturated rings. The first-order chi connectivity index (χ1) is 26.1. The Bertz CT molecular complexity index is 3000. The van der Waals surface area contributed by atoms with Crippen molar-refractivity contribution in [2.45, 2.75) is 0 Å². The van der Waals surface area contributed by atoms with Crippen LogP contribution in [0.15, 0.2) is 176 Å². The molecule has 8 aromatic carbocycles. The van der Waals surface area contributed by atoms with Crippen LogP contribution in [0.3, 0.4) is 0 Å². The molecular weight excluding hydrogens is 637 g/mol. The quantitative estimate of drug-likeness (QED) is 0.162. The Balaban J connectivity index is 1.21. The number of rotatable bonds is 5. The summed E-state index contributed by atoms with van der Waals surface area (Å²) < 4.78 is 4.52. The molecule has 0 aliphatic heterocycles. The molecule has 5 heteroatoms. The normalized spacial score (nSPS) is 11.6. The lowest BCUT2D eigenvalue weighted by molar-refractivity contribution is 1.18. The smallest absolute Gasteiger partial charge is 0.115 e. The second-order valence-electron chi connectivity index (χ2n) is 13.6. The largest absolute Gasteiger partial charge is 0.310 e. The van der Waals surface area contributed by atoms with Gasteiger partial charge < -0.3 is 9.13 Å². The lowest BCUT2D eigenvalue weighted by Gasteiger charge is -2.19. The third-order valence-electron chi connectivity index (χ3n) is 10.6. The van der Waals surface area contributed by atoms with Gasteiger partial charge in [-0.2, -0.15) is 0 Å². The van der Waals surface area contributed by atoms with Crippen molar-refractivity contribution in [2.24, 2.45) is 0 Å². The Labute approximate surface area is 312 Å². The van der Waals surface area contributed by atoms with Crippen LogP contribution in [0.5, 0.6) is 0 Å². The van der Waals surface area contributed by atoms with Gasteiger partial charge in [0.2, 0.25) is 0 Å². The molecule has 0 spiro atoms. The van der Waals surface area contributed by atoms with Gasteiger partial charge in [0, 0.05) is 38.4 Å². The number of para-hydroxylation sites is 2. The van der Waals surface area contributed by atoms with Crippen molar-refractivity contribution in [2.75, 3.05) is 0 Å². The van der Waals surface area contributed by atoms with Crippen LogP contribution >= 0.6 is 0 Å². The van der Waals surface area contributed by atoms with Crippen LogP contribution < -0.4 is 16.4 Å². The zero-order valence-electron chi connectivity index (χ0n) is 28.9. The summed E-state index contributed by atoms with van der Waals surface area (Å²) in [5.41, 5.74) is 14.1. The van der Waals surface area contributed by atoms with Gasteiger partial charge in [0.05, 0.1) is 16.6 Å². The van der Waals surface area contributed by atoms with Gasteiger partial charge in [-0.05, 0) is 81.9 Å². The SMILES string of the molecule is [B]c1c(-c2ccc3c(c2)c2ccc(-c4ccccc4)cc2n3-c2ccc(-c3ccccc3)cc2)c([B])c2c3ccccc3n(-c3ccccc3)c2c1[B]. The molecular formula is C48H29B3N2. The van der Waals surface area contributed by atoms with Crippen molar-refractivity contribution in [3.63, 3.8) is 0 Å². The standard InChI is InChI=1S/C48H29B3N2/c49-45-43(46(50)47(51)48-44(45)38-18-10-11-19-40(38)53(48)35-16-8-3-9-17-35)34-23-27-41-39(28-34)37-26-22-33(31-14-6-2-7-15-31)29-42(37)52(41)36-24-20-32(21-25-36)30-12-4-1-5-13-30/h1-29H. The Hall–Kier alpha value is -6.45. The fourth-order valence-electron chi connectivity index (χ4n) is 8.15. The zero-order chi connectivity index (χ0) is 35.6. The third-order valence-corrected chi connectivity index (χ3v) is 10.6. The zero-order valence-corrected chi connectivity index (χ0v) is 28.9. The second kappa shape index (κ2) is 12.4. The molecule has 0 aliphatic rings. The van der Waals surface area contributed by atoms with Crippen LogP contribution in [0.2, 0.25) is 0 Å². The number of nitrogens with zero attached hydrogens (tertiary/aromatic N) is 2.